The summed E-state index contributed by atoms with van der Waals surface area (Å²) in [4.78, 5) is 12.9. The van der Waals surface area contributed by atoms with Crippen molar-refractivity contribution in [3.05, 3.63) is 114 Å². The third-order valence-electron chi connectivity index (χ3n) is 6.83. The van der Waals surface area contributed by atoms with Gasteiger partial charge in [-0.1, -0.05) is 48.6 Å². The van der Waals surface area contributed by atoms with Crippen molar-refractivity contribution in [1.29, 1.82) is 0 Å². The van der Waals surface area contributed by atoms with Crippen LogP contribution in [0.15, 0.2) is 77.7 Å². The first-order valence-corrected chi connectivity index (χ1v) is 11.9. The molecule has 2 aromatic carbocycles. The van der Waals surface area contributed by atoms with Gasteiger partial charge in [0.2, 0.25) is 0 Å². The second kappa shape index (κ2) is 9.86. The predicted octanol–water partition coefficient (Wildman–Crippen LogP) is 7.78. The Morgan fingerprint density at radius 3 is 2.66 bits per heavy atom. The number of halogens is 1. The van der Waals surface area contributed by atoms with Crippen molar-refractivity contribution < 1.29 is 33.0 Å². The molecule has 0 bridgehead atoms. The fourth-order valence-corrected chi connectivity index (χ4v) is 5.01. The Bertz CT molecular complexity index is 1900. The van der Waals surface area contributed by atoms with Crippen LogP contribution in [-0.4, -0.2) is 15.0 Å². The molecule has 4 nitrogen and oxygen atoms in total. The quantitative estimate of drug-likeness (QED) is 0.167. The Balaban J connectivity index is 0.000000161. The number of furan rings is 1. The molecular formula is C32H24FIrN3O-2. The van der Waals surface area contributed by atoms with Crippen molar-refractivity contribution in [2.45, 2.75) is 33.0 Å². The summed E-state index contributed by atoms with van der Waals surface area (Å²) in [7, 11) is 0. The molecule has 0 fully saturated rings. The number of aromatic nitrogens is 3. The fourth-order valence-electron chi connectivity index (χ4n) is 5.01. The van der Waals surface area contributed by atoms with Crippen LogP contribution >= 0.6 is 0 Å². The van der Waals surface area contributed by atoms with Gasteiger partial charge in [0.1, 0.15) is 5.58 Å². The third kappa shape index (κ3) is 4.24. The average Bonchev–Trinajstić information content (AvgIpc) is 3.42. The normalized spacial score (nSPS) is 14.4. The topological polar surface area (TPSA) is 51.8 Å². The van der Waals surface area contributed by atoms with Crippen LogP contribution in [0.2, 0.25) is 0 Å². The summed E-state index contributed by atoms with van der Waals surface area (Å²) in [6.45, 7) is 3.73. The molecule has 4 heterocycles. The van der Waals surface area contributed by atoms with E-state index in [-0.39, 0.29) is 31.5 Å². The molecule has 0 unspecified atom stereocenters. The molecule has 0 aliphatic heterocycles. The van der Waals surface area contributed by atoms with Gasteiger partial charge in [-0.25, -0.2) is 0 Å². The predicted molar refractivity (Wildman–Crippen MR) is 144 cm³/mol. The summed E-state index contributed by atoms with van der Waals surface area (Å²) in [5, 5.41) is 2.19. The van der Waals surface area contributed by atoms with Crippen LogP contribution < -0.4 is 0 Å². The number of nitrogens with zero attached hydrogens (tertiary/aromatic N) is 3. The minimum absolute atomic E-state index is 0. The van der Waals surface area contributed by atoms with Crippen molar-refractivity contribution in [3.63, 3.8) is 0 Å². The van der Waals surface area contributed by atoms with Crippen LogP contribution in [0.5, 0.6) is 0 Å². The van der Waals surface area contributed by atoms with Crippen LogP contribution in [-0.2, 0) is 25.5 Å². The Labute approximate surface area is 238 Å². The standard InChI is InChI=1S/C17H11N2O.C15H13FN.Ir/c1-11-9-18-10-15-16(11)13-6-4-5-12(17(13)20-15)14-7-2-3-8-19-14;1-9-6-13-14(17-8-9)11-5-4-10(16)7-12(11)15(13,2)3;/h2-4,6-10H,1H3;4,6-8H,1-3H3;/q2*-1;/i;1D3;. The second-order valence-corrected chi connectivity index (χ2v) is 9.59. The first kappa shape index (κ1) is 22.3. The monoisotopic (exact) mass is 681 g/mol. The molecule has 7 rings (SSSR count). The van der Waals surface area contributed by atoms with E-state index in [1.807, 2.05) is 57.3 Å². The fraction of sp³-hybridized carbons (Fsp3) is 0.156. The molecule has 0 saturated carbocycles. The van der Waals surface area contributed by atoms with Crippen LogP contribution in [0, 0.1) is 31.7 Å². The molecule has 0 N–H and O–H groups in total. The van der Waals surface area contributed by atoms with Crippen molar-refractivity contribution in [1.82, 2.24) is 15.0 Å². The number of hydrogen-bond donors (Lipinski definition) is 0. The molecular weight excluding hydrogens is 654 g/mol. The summed E-state index contributed by atoms with van der Waals surface area (Å²) < 4.78 is 41.9. The maximum Gasteiger partial charge on any atom is 0.139 e. The molecule has 0 spiro atoms. The molecule has 4 aromatic heterocycles. The zero-order valence-electron chi connectivity index (χ0n) is 23.9. The van der Waals surface area contributed by atoms with Gasteiger partial charge in [-0.3, -0.25) is 9.37 Å². The van der Waals surface area contributed by atoms with Crippen molar-refractivity contribution in [2.24, 2.45) is 0 Å². The maximum absolute atomic E-state index is 13.5. The molecule has 6 aromatic rings. The molecule has 1 aliphatic carbocycles. The number of benzene rings is 2. The third-order valence-corrected chi connectivity index (χ3v) is 6.83. The molecule has 1 aliphatic rings. The van der Waals surface area contributed by atoms with E-state index in [4.69, 9.17) is 8.53 Å². The summed E-state index contributed by atoms with van der Waals surface area (Å²) in [5.74, 6) is -0.347. The van der Waals surface area contributed by atoms with Gasteiger partial charge in [0.25, 0.3) is 0 Å². The van der Waals surface area contributed by atoms with Crippen LogP contribution in [0.1, 0.15) is 40.2 Å². The van der Waals surface area contributed by atoms with Crippen molar-refractivity contribution in [3.8, 4) is 22.5 Å². The minimum Gasteiger partial charge on any atom is -0.499 e. The Morgan fingerprint density at radius 2 is 1.87 bits per heavy atom. The number of hydrogen-bond acceptors (Lipinski definition) is 4. The molecule has 191 valence electrons. The average molecular weight is 681 g/mol. The Kier molecular flexibility index (Phi) is 5.78. The minimum atomic E-state index is -2.19. The van der Waals surface area contributed by atoms with E-state index in [0.717, 1.165) is 55.4 Å². The molecule has 0 saturated heterocycles. The van der Waals surface area contributed by atoms with E-state index < -0.39 is 12.3 Å². The van der Waals surface area contributed by atoms with E-state index >= 15 is 0 Å². The zero-order chi connectivity index (χ0) is 28.2. The summed E-state index contributed by atoms with van der Waals surface area (Å²) in [5.41, 5.74) is 7.26. The van der Waals surface area contributed by atoms with Gasteiger partial charge in [0.15, 0.2) is 0 Å². The maximum atomic E-state index is 13.5. The van der Waals surface area contributed by atoms with E-state index in [0.29, 0.717) is 5.69 Å². The largest absolute Gasteiger partial charge is 0.499 e. The summed E-state index contributed by atoms with van der Waals surface area (Å²) in [6.07, 6.45) is 6.75. The second-order valence-electron chi connectivity index (χ2n) is 9.59. The molecule has 0 atom stereocenters. The van der Waals surface area contributed by atoms with E-state index in [2.05, 4.69) is 27.1 Å². The van der Waals surface area contributed by atoms with E-state index in [1.165, 1.54) is 18.3 Å². The molecule has 6 heteroatoms. The van der Waals surface area contributed by atoms with Gasteiger partial charge >= 0.3 is 0 Å². The first-order chi connectivity index (χ1) is 19.1. The van der Waals surface area contributed by atoms with Crippen molar-refractivity contribution >= 4 is 21.9 Å². The van der Waals surface area contributed by atoms with Crippen LogP contribution in [0.4, 0.5) is 4.39 Å². The smallest absolute Gasteiger partial charge is 0.139 e. The van der Waals surface area contributed by atoms with Gasteiger partial charge < -0.3 is 14.4 Å². The SMILES string of the molecule is Cc1cncc2oc3c(-c4ccccn4)[c-]ccc3c12.[2H]C([2H])([2H])c1cnc2c(c1)C(C)(C)c1cc(F)c[c-]c1-2.[Ir]. The van der Waals surface area contributed by atoms with Crippen LogP contribution in [0.3, 0.4) is 0 Å². The zero-order valence-corrected chi connectivity index (χ0v) is 23.3. The number of aryl methyl sites for hydroxylation is 2. The van der Waals surface area contributed by atoms with Crippen LogP contribution in [0.25, 0.3) is 44.5 Å². The molecule has 0 amide bonds. The summed E-state index contributed by atoms with van der Waals surface area (Å²) >= 11 is 0. The van der Waals surface area contributed by atoms with Gasteiger partial charge in [0, 0.05) is 54.0 Å². The van der Waals surface area contributed by atoms with Crippen molar-refractivity contribution in [2.75, 3.05) is 0 Å². The number of rotatable bonds is 1. The first-order valence-electron chi connectivity index (χ1n) is 13.4. The number of fused-ring (bicyclic) bond motifs is 6. The molecule has 1 radical (unpaired) electrons. The van der Waals surface area contributed by atoms with Gasteiger partial charge in [-0.05, 0) is 47.8 Å². The van der Waals surface area contributed by atoms with E-state index in [1.54, 1.807) is 18.5 Å². The van der Waals surface area contributed by atoms with E-state index in [9.17, 15) is 4.39 Å². The van der Waals surface area contributed by atoms with Gasteiger partial charge in [0.05, 0.1) is 11.8 Å². The summed E-state index contributed by atoms with van der Waals surface area (Å²) in [6, 6.07) is 20.3. The van der Waals surface area contributed by atoms with Gasteiger partial charge in [-0.2, -0.15) is 0 Å². The Hall–Kier alpha value is -3.73. The molecule has 38 heavy (non-hydrogen) atoms. The Morgan fingerprint density at radius 1 is 1.00 bits per heavy atom. The van der Waals surface area contributed by atoms with Gasteiger partial charge in [-0.15, -0.1) is 47.5 Å². The number of pyridine rings is 3.